The third-order valence-corrected chi connectivity index (χ3v) is 2.31. The highest BCUT2D eigenvalue weighted by atomic mass is 16.4. The number of rotatable bonds is 4. The molecule has 0 aromatic carbocycles. The van der Waals surface area contributed by atoms with Gasteiger partial charge in [0.15, 0.2) is 0 Å². The number of nitrogens with one attached hydrogen (secondary N) is 1. The minimum Gasteiger partial charge on any atom is -0.480 e. The van der Waals surface area contributed by atoms with Gasteiger partial charge in [0.25, 0.3) is 0 Å². The van der Waals surface area contributed by atoms with Crippen LogP contribution in [0.4, 0.5) is 4.79 Å². The normalized spacial score (nSPS) is 22.7. The van der Waals surface area contributed by atoms with E-state index in [0.717, 1.165) is 11.3 Å². The van der Waals surface area contributed by atoms with Gasteiger partial charge in [0, 0.05) is 6.04 Å². The Morgan fingerprint density at radius 3 is 2.67 bits per heavy atom. The highest BCUT2D eigenvalue weighted by Gasteiger charge is 2.35. The lowest BCUT2D eigenvalue weighted by molar-refractivity contribution is -0.137. The molecular formula is C10H14N2O3. The zero-order chi connectivity index (χ0) is 11.4. The Kier molecular flexibility index (Phi) is 3.56. The van der Waals surface area contributed by atoms with E-state index in [2.05, 4.69) is 11.2 Å². The molecular weight excluding hydrogens is 196 g/mol. The van der Waals surface area contributed by atoms with Crippen LogP contribution in [-0.4, -0.2) is 41.1 Å². The lowest BCUT2D eigenvalue weighted by atomic mass is 10.4. The monoisotopic (exact) mass is 210 g/mol. The second-order valence-electron chi connectivity index (χ2n) is 3.72. The van der Waals surface area contributed by atoms with Crippen LogP contribution in [0.15, 0.2) is 0 Å². The van der Waals surface area contributed by atoms with E-state index in [4.69, 9.17) is 11.5 Å². The number of hydrogen-bond donors (Lipinski definition) is 2. The molecule has 1 rings (SSSR count). The Hall–Kier alpha value is -1.70. The molecule has 1 aliphatic rings. The molecule has 1 saturated carbocycles. The predicted octanol–water partition coefficient (Wildman–Crippen LogP) is 0.124. The Morgan fingerprint density at radius 2 is 2.27 bits per heavy atom. The molecule has 5 heteroatoms. The third-order valence-electron chi connectivity index (χ3n) is 2.31. The van der Waals surface area contributed by atoms with E-state index in [1.807, 2.05) is 6.92 Å². The fourth-order valence-corrected chi connectivity index (χ4v) is 1.25. The van der Waals surface area contributed by atoms with Crippen LogP contribution >= 0.6 is 0 Å². The molecule has 0 bridgehead atoms. The molecule has 0 heterocycles. The molecule has 0 aliphatic heterocycles. The highest BCUT2D eigenvalue weighted by Crippen LogP contribution is 2.28. The number of terminal acetylenes is 1. The van der Waals surface area contributed by atoms with Crippen LogP contribution in [0.1, 0.15) is 13.3 Å². The van der Waals surface area contributed by atoms with Crippen molar-refractivity contribution in [3.8, 4) is 12.3 Å². The van der Waals surface area contributed by atoms with Crippen molar-refractivity contribution in [2.24, 2.45) is 5.92 Å². The zero-order valence-corrected chi connectivity index (χ0v) is 8.56. The maximum atomic E-state index is 11.5. The summed E-state index contributed by atoms with van der Waals surface area (Å²) in [5.74, 6) is 1.67. The van der Waals surface area contributed by atoms with E-state index in [1.54, 1.807) is 0 Å². The van der Waals surface area contributed by atoms with Crippen molar-refractivity contribution in [3.63, 3.8) is 0 Å². The third kappa shape index (κ3) is 3.50. The molecule has 15 heavy (non-hydrogen) atoms. The molecule has 2 atom stereocenters. The van der Waals surface area contributed by atoms with E-state index in [9.17, 15) is 9.59 Å². The molecule has 2 amide bonds. The van der Waals surface area contributed by atoms with Crippen LogP contribution < -0.4 is 5.32 Å². The van der Waals surface area contributed by atoms with Crippen LogP contribution in [0.25, 0.3) is 0 Å². The van der Waals surface area contributed by atoms with Crippen molar-refractivity contribution < 1.29 is 14.7 Å². The molecule has 0 aromatic heterocycles. The summed E-state index contributed by atoms with van der Waals surface area (Å²) in [5.41, 5.74) is 0. The van der Waals surface area contributed by atoms with Crippen LogP contribution in [0.3, 0.4) is 0 Å². The molecule has 1 fully saturated rings. The number of urea groups is 1. The second-order valence-corrected chi connectivity index (χ2v) is 3.72. The zero-order valence-electron chi connectivity index (χ0n) is 8.56. The first kappa shape index (κ1) is 11.4. The van der Waals surface area contributed by atoms with Crippen LogP contribution in [0, 0.1) is 18.3 Å². The minimum atomic E-state index is -1.07. The van der Waals surface area contributed by atoms with E-state index in [-0.39, 0.29) is 19.1 Å². The van der Waals surface area contributed by atoms with Crippen LogP contribution in [0.2, 0.25) is 0 Å². The van der Waals surface area contributed by atoms with Gasteiger partial charge >= 0.3 is 12.0 Å². The van der Waals surface area contributed by atoms with Crippen molar-refractivity contribution in [3.05, 3.63) is 0 Å². The maximum Gasteiger partial charge on any atom is 0.323 e. The van der Waals surface area contributed by atoms with Gasteiger partial charge in [-0.25, -0.2) is 4.79 Å². The average Bonchev–Trinajstić information content (AvgIpc) is 2.80. The van der Waals surface area contributed by atoms with Crippen molar-refractivity contribution in [1.29, 1.82) is 0 Å². The molecule has 2 N–H and O–H groups in total. The number of aliphatic carboxylic acids is 1. The summed E-state index contributed by atoms with van der Waals surface area (Å²) in [6.07, 6.45) is 6.00. The van der Waals surface area contributed by atoms with E-state index in [1.165, 1.54) is 0 Å². The smallest absolute Gasteiger partial charge is 0.323 e. The van der Waals surface area contributed by atoms with Crippen LogP contribution in [0.5, 0.6) is 0 Å². The summed E-state index contributed by atoms with van der Waals surface area (Å²) in [7, 11) is 0. The van der Waals surface area contributed by atoms with Gasteiger partial charge in [0.05, 0.1) is 6.54 Å². The van der Waals surface area contributed by atoms with Gasteiger partial charge in [0.1, 0.15) is 6.54 Å². The first-order chi connectivity index (χ1) is 7.04. The van der Waals surface area contributed by atoms with E-state index < -0.39 is 12.0 Å². The first-order valence-electron chi connectivity index (χ1n) is 4.75. The SMILES string of the molecule is C#CCN(CC(=O)O)C(=O)NC1CC1C. The largest absolute Gasteiger partial charge is 0.480 e. The maximum absolute atomic E-state index is 11.5. The molecule has 1 aliphatic carbocycles. The van der Waals surface area contributed by atoms with Gasteiger partial charge in [-0.15, -0.1) is 6.42 Å². The molecule has 0 spiro atoms. The van der Waals surface area contributed by atoms with Crippen molar-refractivity contribution in [2.75, 3.05) is 13.1 Å². The molecule has 5 nitrogen and oxygen atoms in total. The number of carboxylic acids is 1. The minimum absolute atomic E-state index is 0.0131. The van der Waals surface area contributed by atoms with Gasteiger partial charge in [-0.05, 0) is 12.3 Å². The second kappa shape index (κ2) is 4.69. The van der Waals surface area contributed by atoms with Gasteiger partial charge in [-0.3, -0.25) is 4.79 Å². The van der Waals surface area contributed by atoms with Gasteiger partial charge in [-0.2, -0.15) is 0 Å². The van der Waals surface area contributed by atoms with E-state index >= 15 is 0 Å². The molecule has 0 aromatic rings. The fraction of sp³-hybridized carbons (Fsp3) is 0.600. The van der Waals surface area contributed by atoms with E-state index in [0.29, 0.717) is 5.92 Å². The Labute approximate surface area is 88.4 Å². The average molecular weight is 210 g/mol. The molecule has 0 radical (unpaired) electrons. The number of amides is 2. The molecule has 82 valence electrons. The summed E-state index contributed by atoms with van der Waals surface area (Å²) in [5, 5.41) is 11.3. The number of nitrogens with zero attached hydrogens (tertiary/aromatic N) is 1. The first-order valence-corrected chi connectivity index (χ1v) is 4.75. The predicted molar refractivity (Wildman–Crippen MR) is 54.1 cm³/mol. The summed E-state index contributed by atoms with van der Waals surface area (Å²) in [4.78, 5) is 23.1. The number of carboxylic acid groups (broad SMARTS) is 1. The van der Waals surface area contributed by atoms with Crippen molar-refractivity contribution in [1.82, 2.24) is 10.2 Å². The standard InChI is InChI=1S/C10H14N2O3/c1-3-4-12(6-9(13)14)10(15)11-8-5-7(8)2/h1,7-8H,4-6H2,2H3,(H,11,15)(H,13,14). The van der Waals surface area contributed by atoms with Crippen molar-refractivity contribution in [2.45, 2.75) is 19.4 Å². The van der Waals surface area contributed by atoms with Gasteiger partial charge in [0.2, 0.25) is 0 Å². The van der Waals surface area contributed by atoms with Gasteiger partial charge in [-0.1, -0.05) is 12.8 Å². The number of carbonyl (C=O) groups excluding carboxylic acids is 1. The highest BCUT2D eigenvalue weighted by molar-refractivity contribution is 5.80. The van der Waals surface area contributed by atoms with Gasteiger partial charge < -0.3 is 15.3 Å². The number of hydrogen-bond acceptors (Lipinski definition) is 2. The summed E-state index contributed by atoms with van der Waals surface area (Å²) >= 11 is 0. The number of carbonyl (C=O) groups is 2. The summed E-state index contributed by atoms with van der Waals surface area (Å²) < 4.78 is 0. The lowest BCUT2D eigenvalue weighted by Crippen LogP contribution is -2.44. The lowest BCUT2D eigenvalue weighted by Gasteiger charge is -2.18. The summed E-state index contributed by atoms with van der Waals surface area (Å²) in [6.45, 7) is 1.67. The Balaban J connectivity index is 2.43. The topological polar surface area (TPSA) is 69.6 Å². The Morgan fingerprint density at radius 1 is 1.67 bits per heavy atom. The fourth-order valence-electron chi connectivity index (χ4n) is 1.25. The van der Waals surface area contributed by atoms with Crippen molar-refractivity contribution >= 4 is 12.0 Å². The molecule has 2 unspecified atom stereocenters. The molecule has 0 saturated heterocycles. The van der Waals surface area contributed by atoms with Crippen LogP contribution in [-0.2, 0) is 4.79 Å². The summed E-state index contributed by atoms with van der Waals surface area (Å²) in [6, 6.07) is -0.226. The Bertz CT molecular complexity index is 308. The quantitative estimate of drug-likeness (QED) is 0.648.